The summed E-state index contributed by atoms with van der Waals surface area (Å²) >= 11 is 0. The van der Waals surface area contributed by atoms with Crippen LogP contribution in [0.4, 0.5) is 13.2 Å². The van der Waals surface area contributed by atoms with Gasteiger partial charge < -0.3 is 15.5 Å². The molecule has 0 aliphatic heterocycles. The fourth-order valence-corrected chi connectivity index (χ4v) is 3.12. The molecule has 11 heteroatoms. The summed E-state index contributed by atoms with van der Waals surface area (Å²) in [4.78, 5) is 36.8. The first-order chi connectivity index (χ1) is 14.5. The molecule has 0 fully saturated rings. The maximum absolute atomic E-state index is 13.0. The van der Waals surface area contributed by atoms with Gasteiger partial charge in [-0.1, -0.05) is 19.1 Å². The topological polar surface area (TPSA) is 113 Å². The zero-order valence-electron chi connectivity index (χ0n) is 16.2. The van der Waals surface area contributed by atoms with Gasteiger partial charge in [-0.25, -0.2) is 9.48 Å². The SMILES string of the molecule is CC[C@H](NC(=O)c1c(O)c2cccn2n(Cc2ccc(C(F)(F)F)cc2)c1=O)C(=O)O. The van der Waals surface area contributed by atoms with Crippen LogP contribution in [-0.2, 0) is 17.5 Å². The molecule has 2 heterocycles. The Balaban J connectivity index is 2.06. The minimum absolute atomic E-state index is 0.0505. The van der Waals surface area contributed by atoms with E-state index in [1.165, 1.54) is 41.9 Å². The number of hydrogen-bond acceptors (Lipinski definition) is 4. The molecule has 3 rings (SSSR count). The molecule has 0 radical (unpaired) electrons. The number of aromatic nitrogens is 2. The van der Waals surface area contributed by atoms with Crippen LogP contribution < -0.4 is 10.9 Å². The minimum atomic E-state index is -4.51. The number of halogens is 3. The Labute approximate surface area is 173 Å². The molecule has 0 aliphatic carbocycles. The normalized spacial score (nSPS) is 12.6. The molecule has 3 N–H and O–H groups in total. The van der Waals surface area contributed by atoms with Crippen molar-refractivity contribution in [3.63, 3.8) is 0 Å². The summed E-state index contributed by atoms with van der Waals surface area (Å²) in [6.45, 7) is 1.33. The summed E-state index contributed by atoms with van der Waals surface area (Å²) < 4.78 is 40.7. The Morgan fingerprint density at radius 2 is 1.81 bits per heavy atom. The fourth-order valence-electron chi connectivity index (χ4n) is 3.12. The Hall–Kier alpha value is -3.76. The quantitative estimate of drug-likeness (QED) is 0.548. The van der Waals surface area contributed by atoms with Gasteiger partial charge >= 0.3 is 12.1 Å². The molecule has 31 heavy (non-hydrogen) atoms. The molecular weight excluding hydrogens is 419 g/mol. The first-order valence-electron chi connectivity index (χ1n) is 9.17. The number of aliphatic carboxylic acids is 1. The van der Waals surface area contributed by atoms with Gasteiger partial charge in [0.25, 0.3) is 11.5 Å². The second-order valence-corrected chi connectivity index (χ2v) is 6.79. The van der Waals surface area contributed by atoms with Gasteiger partial charge in [-0.05, 0) is 36.2 Å². The lowest BCUT2D eigenvalue weighted by atomic mass is 10.1. The Bertz CT molecular complexity index is 1200. The molecule has 1 amide bonds. The van der Waals surface area contributed by atoms with E-state index in [1.807, 2.05) is 0 Å². The monoisotopic (exact) mass is 437 g/mol. The fraction of sp³-hybridized carbons (Fsp3) is 0.250. The number of carbonyl (C=O) groups is 2. The van der Waals surface area contributed by atoms with Gasteiger partial charge in [-0.3, -0.25) is 14.1 Å². The number of carboxylic acid groups (broad SMARTS) is 1. The van der Waals surface area contributed by atoms with Crippen LogP contribution in [0.3, 0.4) is 0 Å². The van der Waals surface area contributed by atoms with Crippen molar-refractivity contribution in [3.8, 4) is 5.75 Å². The molecule has 0 saturated carbocycles. The molecule has 1 atom stereocenters. The van der Waals surface area contributed by atoms with Crippen molar-refractivity contribution in [3.05, 3.63) is 69.6 Å². The van der Waals surface area contributed by atoms with Crippen molar-refractivity contribution in [2.75, 3.05) is 0 Å². The lowest BCUT2D eigenvalue weighted by molar-refractivity contribution is -0.139. The predicted octanol–water partition coefficient (Wildman–Crippen LogP) is 2.47. The van der Waals surface area contributed by atoms with Gasteiger partial charge in [0.2, 0.25) is 0 Å². The highest BCUT2D eigenvalue weighted by atomic mass is 19.4. The summed E-state index contributed by atoms with van der Waals surface area (Å²) in [6.07, 6.45) is -3.02. The van der Waals surface area contributed by atoms with Crippen LogP contribution in [0, 0.1) is 0 Å². The lowest BCUT2D eigenvalue weighted by Crippen LogP contribution is -2.43. The number of nitrogens with one attached hydrogen (secondary N) is 1. The van der Waals surface area contributed by atoms with Gasteiger partial charge in [0, 0.05) is 6.20 Å². The maximum atomic E-state index is 13.0. The highest BCUT2D eigenvalue weighted by Crippen LogP contribution is 2.29. The second-order valence-electron chi connectivity index (χ2n) is 6.79. The highest BCUT2D eigenvalue weighted by Gasteiger charge is 2.30. The van der Waals surface area contributed by atoms with Crippen molar-refractivity contribution in [2.45, 2.75) is 32.1 Å². The van der Waals surface area contributed by atoms with Crippen molar-refractivity contribution in [2.24, 2.45) is 0 Å². The number of benzene rings is 1. The van der Waals surface area contributed by atoms with Gasteiger partial charge in [-0.2, -0.15) is 13.2 Å². The van der Waals surface area contributed by atoms with Gasteiger partial charge in [0.1, 0.15) is 17.1 Å². The van der Waals surface area contributed by atoms with Crippen LogP contribution in [0.2, 0.25) is 0 Å². The first kappa shape index (κ1) is 21.9. The summed E-state index contributed by atoms with van der Waals surface area (Å²) in [5.41, 5.74) is -1.99. The van der Waals surface area contributed by atoms with Crippen molar-refractivity contribution < 1.29 is 33.0 Å². The zero-order chi connectivity index (χ0) is 22.9. The number of carboxylic acids is 1. The van der Waals surface area contributed by atoms with E-state index in [0.717, 1.165) is 16.8 Å². The molecule has 8 nitrogen and oxygen atoms in total. The third-order valence-electron chi connectivity index (χ3n) is 4.77. The average molecular weight is 437 g/mol. The number of carbonyl (C=O) groups excluding carboxylic acids is 1. The van der Waals surface area contributed by atoms with Crippen LogP contribution in [0.15, 0.2) is 47.4 Å². The number of alkyl halides is 3. The number of hydrogen-bond donors (Lipinski definition) is 3. The standard InChI is InChI=1S/C20H18F3N3O5/c1-2-13(19(30)31)24-17(28)15-16(27)14-4-3-9-25(14)26(18(15)29)10-11-5-7-12(8-6-11)20(21,22)23/h3-9,13,27H,2,10H2,1H3,(H,24,28)(H,30,31)/t13-/m0/s1. The zero-order valence-corrected chi connectivity index (χ0v) is 16.2. The second kappa shape index (κ2) is 8.17. The number of aromatic hydroxyl groups is 1. The molecule has 0 spiro atoms. The summed E-state index contributed by atoms with van der Waals surface area (Å²) in [7, 11) is 0. The summed E-state index contributed by atoms with van der Waals surface area (Å²) in [5.74, 6) is -3.00. The highest BCUT2D eigenvalue weighted by molar-refractivity contribution is 6.00. The minimum Gasteiger partial charge on any atom is -0.505 e. The van der Waals surface area contributed by atoms with E-state index in [9.17, 15) is 32.7 Å². The molecule has 0 saturated heterocycles. The third-order valence-corrected chi connectivity index (χ3v) is 4.77. The van der Waals surface area contributed by atoms with Gasteiger partial charge in [0.15, 0.2) is 5.75 Å². The van der Waals surface area contributed by atoms with Crippen molar-refractivity contribution >= 4 is 17.4 Å². The Morgan fingerprint density at radius 3 is 2.35 bits per heavy atom. The van der Waals surface area contributed by atoms with Crippen LogP contribution in [0.1, 0.15) is 34.8 Å². The number of nitrogens with zero attached hydrogens (tertiary/aromatic N) is 2. The maximum Gasteiger partial charge on any atom is 0.416 e. The summed E-state index contributed by atoms with van der Waals surface area (Å²) in [6, 6.07) is 5.83. The van der Waals surface area contributed by atoms with E-state index in [1.54, 1.807) is 0 Å². The molecule has 0 bridgehead atoms. The van der Waals surface area contributed by atoms with E-state index in [4.69, 9.17) is 5.11 Å². The number of amides is 1. The van der Waals surface area contributed by atoms with E-state index < -0.39 is 46.5 Å². The Morgan fingerprint density at radius 1 is 1.16 bits per heavy atom. The average Bonchev–Trinajstić information content (AvgIpc) is 3.19. The first-order valence-corrected chi connectivity index (χ1v) is 9.17. The van der Waals surface area contributed by atoms with Crippen LogP contribution in [-0.4, -0.2) is 37.3 Å². The third kappa shape index (κ3) is 4.25. The molecular formula is C20H18F3N3O5. The van der Waals surface area contributed by atoms with Crippen LogP contribution in [0.25, 0.3) is 5.52 Å². The molecule has 0 aliphatic rings. The van der Waals surface area contributed by atoms with E-state index in [-0.39, 0.29) is 18.5 Å². The molecule has 0 unspecified atom stereocenters. The molecule has 164 valence electrons. The number of rotatable bonds is 6. The van der Waals surface area contributed by atoms with Crippen molar-refractivity contribution in [1.29, 1.82) is 0 Å². The summed E-state index contributed by atoms with van der Waals surface area (Å²) in [5, 5.41) is 21.8. The van der Waals surface area contributed by atoms with E-state index in [2.05, 4.69) is 5.32 Å². The van der Waals surface area contributed by atoms with Crippen molar-refractivity contribution in [1.82, 2.24) is 14.5 Å². The van der Waals surface area contributed by atoms with Crippen LogP contribution >= 0.6 is 0 Å². The van der Waals surface area contributed by atoms with Gasteiger partial charge in [-0.15, -0.1) is 0 Å². The number of fused-ring (bicyclic) bond motifs is 1. The molecule has 3 aromatic rings. The van der Waals surface area contributed by atoms with Gasteiger partial charge in [0.05, 0.1) is 12.1 Å². The van der Waals surface area contributed by atoms with Crippen LogP contribution in [0.5, 0.6) is 5.75 Å². The molecule has 1 aromatic carbocycles. The van der Waals surface area contributed by atoms with E-state index >= 15 is 0 Å². The lowest BCUT2D eigenvalue weighted by Gasteiger charge is -2.16. The predicted molar refractivity (Wildman–Crippen MR) is 103 cm³/mol. The smallest absolute Gasteiger partial charge is 0.416 e. The largest absolute Gasteiger partial charge is 0.505 e. The van der Waals surface area contributed by atoms with E-state index in [0.29, 0.717) is 5.56 Å². The molecule has 2 aromatic heterocycles. The Kier molecular flexibility index (Phi) is 5.78.